The highest BCUT2D eigenvalue weighted by Crippen LogP contribution is 2.21. The quantitative estimate of drug-likeness (QED) is 0.645. The fourth-order valence-corrected chi connectivity index (χ4v) is 1.66. The van der Waals surface area contributed by atoms with Crippen LogP contribution in [0.4, 0.5) is 0 Å². The third-order valence-electron chi connectivity index (χ3n) is 2.60. The molecular formula is C15H14N2O3. The molecule has 0 saturated carbocycles. The van der Waals surface area contributed by atoms with Gasteiger partial charge >= 0.3 is 5.97 Å². The first-order valence-corrected chi connectivity index (χ1v) is 6.12. The molecule has 0 saturated heterocycles. The van der Waals surface area contributed by atoms with Gasteiger partial charge in [-0.25, -0.2) is 9.78 Å². The number of rotatable bonds is 6. The van der Waals surface area contributed by atoms with E-state index in [9.17, 15) is 9.90 Å². The Hall–Kier alpha value is -2.69. The second kappa shape index (κ2) is 6.47. The predicted molar refractivity (Wildman–Crippen MR) is 74.7 cm³/mol. The number of carbonyl (C=O) groups is 1. The monoisotopic (exact) mass is 270 g/mol. The normalized spacial score (nSPS) is 10.0. The molecule has 1 heterocycles. The molecule has 2 aromatic rings. The van der Waals surface area contributed by atoms with Crippen molar-refractivity contribution >= 4 is 5.97 Å². The molecule has 102 valence electrons. The van der Waals surface area contributed by atoms with Crippen LogP contribution in [0.2, 0.25) is 0 Å². The Morgan fingerprint density at radius 3 is 2.90 bits per heavy atom. The summed E-state index contributed by atoms with van der Waals surface area (Å²) in [7, 11) is 0. The molecule has 0 radical (unpaired) electrons. The molecule has 5 nitrogen and oxygen atoms in total. The lowest BCUT2D eigenvalue weighted by Crippen LogP contribution is -2.03. The average Bonchev–Trinajstić information content (AvgIpc) is 2.48. The standard InChI is InChI=1S/C15H14N2O3/c1-2-3-10-20-13-8-9-16-14(17-13)11-6-4-5-7-12(11)15(18)19/h2,4-9H,1,3,10H2,(H,18,19). The van der Waals surface area contributed by atoms with Gasteiger partial charge < -0.3 is 9.84 Å². The van der Waals surface area contributed by atoms with Crippen LogP contribution in [0, 0.1) is 0 Å². The molecular weight excluding hydrogens is 256 g/mol. The molecule has 0 fully saturated rings. The van der Waals surface area contributed by atoms with Crippen LogP contribution in [0.3, 0.4) is 0 Å². The molecule has 1 N–H and O–H groups in total. The zero-order chi connectivity index (χ0) is 14.4. The highest BCUT2D eigenvalue weighted by molar-refractivity contribution is 5.94. The van der Waals surface area contributed by atoms with Gasteiger partial charge in [0, 0.05) is 17.8 Å². The topological polar surface area (TPSA) is 72.3 Å². The fourth-order valence-electron chi connectivity index (χ4n) is 1.66. The van der Waals surface area contributed by atoms with E-state index >= 15 is 0 Å². The number of carboxylic acids is 1. The first-order chi connectivity index (χ1) is 9.72. The fraction of sp³-hybridized carbons (Fsp3) is 0.133. The zero-order valence-corrected chi connectivity index (χ0v) is 10.8. The van der Waals surface area contributed by atoms with Gasteiger partial charge in [0.25, 0.3) is 0 Å². The Morgan fingerprint density at radius 2 is 2.15 bits per heavy atom. The lowest BCUT2D eigenvalue weighted by atomic mass is 10.1. The molecule has 0 spiro atoms. The van der Waals surface area contributed by atoms with E-state index in [0.29, 0.717) is 30.3 Å². The predicted octanol–water partition coefficient (Wildman–Crippen LogP) is 2.80. The van der Waals surface area contributed by atoms with Crippen molar-refractivity contribution in [3.63, 3.8) is 0 Å². The van der Waals surface area contributed by atoms with Crippen molar-refractivity contribution < 1.29 is 14.6 Å². The summed E-state index contributed by atoms with van der Waals surface area (Å²) in [6.07, 6.45) is 4.01. The molecule has 0 aliphatic carbocycles. The van der Waals surface area contributed by atoms with Gasteiger partial charge in [-0.15, -0.1) is 6.58 Å². The number of ether oxygens (including phenoxy) is 1. The van der Waals surface area contributed by atoms with Crippen LogP contribution in [0.5, 0.6) is 5.88 Å². The van der Waals surface area contributed by atoms with Crippen LogP contribution < -0.4 is 4.74 Å². The molecule has 1 aromatic heterocycles. The number of nitrogens with zero attached hydrogens (tertiary/aromatic N) is 2. The summed E-state index contributed by atoms with van der Waals surface area (Å²) in [4.78, 5) is 19.5. The number of hydrogen-bond donors (Lipinski definition) is 1. The van der Waals surface area contributed by atoms with Crippen molar-refractivity contribution in [2.24, 2.45) is 0 Å². The van der Waals surface area contributed by atoms with Gasteiger partial charge in [0.05, 0.1) is 12.2 Å². The molecule has 20 heavy (non-hydrogen) atoms. The van der Waals surface area contributed by atoms with Crippen molar-refractivity contribution in [3.8, 4) is 17.3 Å². The van der Waals surface area contributed by atoms with Gasteiger partial charge in [-0.2, -0.15) is 4.98 Å². The van der Waals surface area contributed by atoms with Gasteiger partial charge in [0.15, 0.2) is 5.82 Å². The highest BCUT2D eigenvalue weighted by atomic mass is 16.5. The van der Waals surface area contributed by atoms with Crippen LogP contribution in [0.25, 0.3) is 11.4 Å². The number of hydrogen-bond acceptors (Lipinski definition) is 4. The van der Waals surface area contributed by atoms with Gasteiger partial charge in [0.1, 0.15) is 0 Å². The van der Waals surface area contributed by atoms with E-state index in [-0.39, 0.29) is 5.56 Å². The number of aromatic carboxylic acids is 1. The van der Waals surface area contributed by atoms with Crippen LogP contribution >= 0.6 is 0 Å². The van der Waals surface area contributed by atoms with E-state index in [1.165, 1.54) is 6.07 Å². The largest absolute Gasteiger partial charge is 0.478 e. The second-order valence-electron chi connectivity index (χ2n) is 4.00. The molecule has 0 aliphatic rings. The summed E-state index contributed by atoms with van der Waals surface area (Å²) < 4.78 is 5.44. The molecule has 5 heteroatoms. The van der Waals surface area contributed by atoms with Crippen molar-refractivity contribution in [1.29, 1.82) is 0 Å². The average molecular weight is 270 g/mol. The van der Waals surface area contributed by atoms with Crippen molar-refractivity contribution in [3.05, 3.63) is 54.7 Å². The highest BCUT2D eigenvalue weighted by Gasteiger charge is 2.13. The summed E-state index contributed by atoms with van der Waals surface area (Å²) in [6, 6.07) is 8.24. The SMILES string of the molecule is C=CCCOc1ccnc(-c2ccccc2C(=O)O)n1. The van der Waals surface area contributed by atoms with Crippen LogP contribution in [-0.2, 0) is 0 Å². The summed E-state index contributed by atoms with van der Waals surface area (Å²) in [5, 5.41) is 9.17. The number of benzene rings is 1. The maximum atomic E-state index is 11.2. The Labute approximate surface area is 116 Å². The van der Waals surface area contributed by atoms with Crippen molar-refractivity contribution in [1.82, 2.24) is 9.97 Å². The van der Waals surface area contributed by atoms with E-state index < -0.39 is 5.97 Å². The molecule has 0 atom stereocenters. The molecule has 0 aliphatic heterocycles. The summed E-state index contributed by atoms with van der Waals surface area (Å²) in [5.74, 6) is -0.265. The second-order valence-corrected chi connectivity index (χ2v) is 4.00. The molecule has 2 rings (SSSR count). The lowest BCUT2D eigenvalue weighted by molar-refractivity contribution is 0.0697. The van der Waals surface area contributed by atoms with E-state index in [4.69, 9.17) is 4.74 Å². The maximum Gasteiger partial charge on any atom is 0.336 e. The van der Waals surface area contributed by atoms with Crippen molar-refractivity contribution in [2.45, 2.75) is 6.42 Å². The number of carboxylic acid groups (broad SMARTS) is 1. The third kappa shape index (κ3) is 3.20. The van der Waals surface area contributed by atoms with Crippen molar-refractivity contribution in [2.75, 3.05) is 6.61 Å². The Balaban J connectivity index is 2.31. The molecule has 0 unspecified atom stereocenters. The van der Waals surface area contributed by atoms with E-state index in [0.717, 1.165) is 0 Å². The van der Waals surface area contributed by atoms with Gasteiger partial charge in [-0.05, 0) is 12.5 Å². The molecule has 0 bridgehead atoms. The third-order valence-corrected chi connectivity index (χ3v) is 2.60. The van der Waals surface area contributed by atoms with Crippen LogP contribution in [0.1, 0.15) is 16.8 Å². The van der Waals surface area contributed by atoms with Crippen LogP contribution in [0.15, 0.2) is 49.2 Å². The minimum Gasteiger partial charge on any atom is -0.478 e. The van der Waals surface area contributed by atoms with Gasteiger partial charge in [-0.1, -0.05) is 24.3 Å². The zero-order valence-electron chi connectivity index (χ0n) is 10.8. The Kier molecular flexibility index (Phi) is 4.44. The summed E-state index contributed by atoms with van der Waals surface area (Å²) in [5.41, 5.74) is 0.630. The minimum atomic E-state index is -1.01. The molecule has 1 aromatic carbocycles. The summed E-state index contributed by atoms with van der Waals surface area (Å²) in [6.45, 7) is 4.08. The first kappa shape index (κ1) is 13.7. The van der Waals surface area contributed by atoms with Gasteiger partial charge in [-0.3, -0.25) is 0 Å². The molecule has 0 amide bonds. The summed E-state index contributed by atoms with van der Waals surface area (Å²) >= 11 is 0. The van der Waals surface area contributed by atoms with E-state index in [1.807, 2.05) is 0 Å². The Bertz CT molecular complexity index is 626. The first-order valence-electron chi connectivity index (χ1n) is 6.12. The van der Waals surface area contributed by atoms with E-state index in [1.54, 1.807) is 36.5 Å². The maximum absolute atomic E-state index is 11.2. The van der Waals surface area contributed by atoms with Gasteiger partial charge in [0.2, 0.25) is 5.88 Å². The number of aromatic nitrogens is 2. The minimum absolute atomic E-state index is 0.163. The van der Waals surface area contributed by atoms with Crippen LogP contribution in [-0.4, -0.2) is 27.7 Å². The van der Waals surface area contributed by atoms with E-state index in [2.05, 4.69) is 16.5 Å². The Morgan fingerprint density at radius 1 is 1.35 bits per heavy atom. The smallest absolute Gasteiger partial charge is 0.336 e. The lowest BCUT2D eigenvalue weighted by Gasteiger charge is -2.07.